The molecule has 0 aromatic carbocycles. The minimum absolute atomic E-state index is 0.154. The lowest BCUT2D eigenvalue weighted by atomic mass is 10.1. The maximum Gasteiger partial charge on any atom is 0.353 e. The lowest BCUT2D eigenvalue weighted by Crippen LogP contribution is -2.12. The molecule has 0 heterocycles. The molecular weight excluding hydrogens is 146 g/mol. The number of unbranched alkanes of at least 4 members (excludes halogenated alkanes) is 2. The summed E-state index contributed by atoms with van der Waals surface area (Å²) in [7, 11) is 0. The molecule has 0 radical (unpaired) electrons. The van der Waals surface area contributed by atoms with Crippen molar-refractivity contribution in [3.8, 4) is 0 Å². The van der Waals surface area contributed by atoms with E-state index in [1.807, 2.05) is 6.92 Å². The minimum atomic E-state index is -1.14. The molecule has 0 aliphatic heterocycles. The highest BCUT2D eigenvalue weighted by Crippen LogP contribution is 2.00. The van der Waals surface area contributed by atoms with E-state index < -0.39 is 5.97 Å². The van der Waals surface area contributed by atoms with Crippen LogP contribution >= 0.6 is 0 Å². The van der Waals surface area contributed by atoms with Crippen molar-refractivity contribution in [3.05, 3.63) is 0 Å². The van der Waals surface area contributed by atoms with Crippen LogP contribution in [0.3, 0.4) is 0 Å². The SMILES string of the molecule is CCCCC/C(=N\O)C(=O)O. The van der Waals surface area contributed by atoms with Gasteiger partial charge in [0.25, 0.3) is 0 Å². The van der Waals surface area contributed by atoms with E-state index in [2.05, 4.69) is 5.16 Å². The van der Waals surface area contributed by atoms with Gasteiger partial charge in [0.05, 0.1) is 0 Å². The maximum atomic E-state index is 10.2. The fraction of sp³-hybridized carbons (Fsp3) is 0.714. The van der Waals surface area contributed by atoms with Crippen molar-refractivity contribution >= 4 is 11.7 Å². The predicted octanol–water partition coefficient (Wildman–Crippen LogP) is 1.48. The molecule has 0 spiro atoms. The Morgan fingerprint density at radius 3 is 2.45 bits per heavy atom. The van der Waals surface area contributed by atoms with Crippen molar-refractivity contribution in [2.45, 2.75) is 32.6 Å². The first-order chi connectivity index (χ1) is 5.22. The van der Waals surface area contributed by atoms with E-state index in [0.717, 1.165) is 19.3 Å². The smallest absolute Gasteiger partial charge is 0.353 e. The van der Waals surface area contributed by atoms with Crippen LogP contribution in [0.25, 0.3) is 0 Å². The number of oxime groups is 1. The second-order valence-electron chi connectivity index (χ2n) is 2.31. The molecule has 0 saturated heterocycles. The third-order valence-electron chi connectivity index (χ3n) is 1.38. The van der Waals surface area contributed by atoms with Crippen molar-refractivity contribution in [2.24, 2.45) is 5.16 Å². The van der Waals surface area contributed by atoms with Gasteiger partial charge in [-0.3, -0.25) is 0 Å². The van der Waals surface area contributed by atoms with Crippen LogP contribution in [0.1, 0.15) is 32.6 Å². The van der Waals surface area contributed by atoms with Crippen LogP contribution in [0.4, 0.5) is 0 Å². The molecule has 0 bridgehead atoms. The number of carboxylic acid groups (broad SMARTS) is 1. The lowest BCUT2D eigenvalue weighted by Gasteiger charge is -1.96. The number of aliphatic carboxylic acids is 1. The summed E-state index contributed by atoms with van der Waals surface area (Å²) in [5.74, 6) is -1.14. The Morgan fingerprint density at radius 2 is 2.09 bits per heavy atom. The van der Waals surface area contributed by atoms with Crippen LogP contribution < -0.4 is 0 Å². The summed E-state index contributed by atoms with van der Waals surface area (Å²) < 4.78 is 0. The van der Waals surface area contributed by atoms with Crippen molar-refractivity contribution in [1.82, 2.24) is 0 Å². The summed E-state index contributed by atoms with van der Waals surface area (Å²) in [6, 6.07) is 0. The molecule has 11 heavy (non-hydrogen) atoms. The first-order valence-electron chi connectivity index (χ1n) is 3.66. The molecule has 0 rings (SSSR count). The van der Waals surface area contributed by atoms with Gasteiger partial charge >= 0.3 is 5.97 Å². The zero-order chi connectivity index (χ0) is 8.69. The van der Waals surface area contributed by atoms with Crippen molar-refractivity contribution in [2.75, 3.05) is 0 Å². The Morgan fingerprint density at radius 1 is 1.45 bits per heavy atom. The molecule has 0 atom stereocenters. The van der Waals surface area contributed by atoms with Gasteiger partial charge in [0.1, 0.15) is 0 Å². The van der Waals surface area contributed by atoms with Crippen LogP contribution in [0.2, 0.25) is 0 Å². The fourth-order valence-corrected chi connectivity index (χ4v) is 0.742. The van der Waals surface area contributed by atoms with Crippen molar-refractivity contribution in [3.63, 3.8) is 0 Å². The van der Waals surface area contributed by atoms with E-state index in [4.69, 9.17) is 10.3 Å². The van der Waals surface area contributed by atoms with E-state index in [-0.39, 0.29) is 5.71 Å². The standard InChI is InChI=1S/C7H13NO3/c1-2-3-4-5-6(8-11)7(9)10/h11H,2-5H2,1H3,(H,9,10)/b8-6+. The summed E-state index contributed by atoms with van der Waals surface area (Å²) in [6.07, 6.45) is 3.10. The maximum absolute atomic E-state index is 10.2. The molecule has 0 aromatic rings. The van der Waals surface area contributed by atoms with Gasteiger partial charge in [-0.15, -0.1) is 0 Å². The van der Waals surface area contributed by atoms with Crippen LogP contribution in [-0.4, -0.2) is 22.0 Å². The number of hydrogen-bond acceptors (Lipinski definition) is 3. The minimum Gasteiger partial charge on any atom is -0.477 e. The quantitative estimate of drug-likeness (QED) is 0.276. The molecule has 64 valence electrons. The third-order valence-corrected chi connectivity index (χ3v) is 1.38. The van der Waals surface area contributed by atoms with Gasteiger partial charge in [-0.25, -0.2) is 4.79 Å². The number of hydrogen-bond donors (Lipinski definition) is 2. The van der Waals surface area contributed by atoms with Gasteiger partial charge in [0.2, 0.25) is 0 Å². The normalized spacial score (nSPS) is 11.5. The Hall–Kier alpha value is -1.06. The van der Waals surface area contributed by atoms with Gasteiger partial charge in [0, 0.05) is 6.42 Å². The molecule has 0 aliphatic rings. The van der Waals surface area contributed by atoms with E-state index in [1.54, 1.807) is 0 Å². The number of carboxylic acids is 1. The van der Waals surface area contributed by atoms with Crippen molar-refractivity contribution in [1.29, 1.82) is 0 Å². The highest BCUT2D eigenvalue weighted by atomic mass is 16.4. The monoisotopic (exact) mass is 159 g/mol. The summed E-state index contributed by atoms with van der Waals surface area (Å²) in [4.78, 5) is 10.2. The number of rotatable bonds is 5. The number of nitrogens with zero attached hydrogens (tertiary/aromatic N) is 1. The summed E-state index contributed by atoms with van der Waals surface area (Å²) in [5, 5.41) is 19.3. The first kappa shape index (κ1) is 9.94. The van der Waals surface area contributed by atoms with Gasteiger partial charge < -0.3 is 10.3 Å². The van der Waals surface area contributed by atoms with Crippen LogP contribution in [0, 0.1) is 0 Å². The van der Waals surface area contributed by atoms with Gasteiger partial charge in [0.15, 0.2) is 5.71 Å². The van der Waals surface area contributed by atoms with E-state index in [1.165, 1.54) is 0 Å². The molecule has 0 fully saturated rings. The highest BCUT2D eigenvalue weighted by Gasteiger charge is 2.08. The first-order valence-corrected chi connectivity index (χ1v) is 3.66. The largest absolute Gasteiger partial charge is 0.477 e. The summed E-state index contributed by atoms with van der Waals surface area (Å²) in [5.41, 5.74) is -0.154. The molecule has 0 saturated carbocycles. The average molecular weight is 159 g/mol. The Balaban J connectivity index is 3.63. The zero-order valence-corrected chi connectivity index (χ0v) is 6.58. The Bertz CT molecular complexity index is 154. The molecule has 0 aliphatic carbocycles. The second kappa shape index (κ2) is 5.70. The lowest BCUT2D eigenvalue weighted by molar-refractivity contribution is -0.129. The van der Waals surface area contributed by atoms with Crippen LogP contribution in [0.5, 0.6) is 0 Å². The zero-order valence-electron chi connectivity index (χ0n) is 6.58. The molecule has 4 heteroatoms. The highest BCUT2D eigenvalue weighted by molar-refractivity contribution is 6.35. The molecule has 0 unspecified atom stereocenters. The van der Waals surface area contributed by atoms with E-state index >= 15 is 0 Å². The molecule has 4 nitrogen and oxygen atoms in total. The fourth-order valence-electron chi connectivity index (χ4n) is 0.742. The average Bonchev–Trinajstić information content (AvgIpc) is 1.97. The summed E-state index contributed by atoms with van der Waals surface area (Å²) in [6.45, 7) is 2.02. The molecule has 0 amide bonds. The number of carbonyl (C=O) groups is 1. The van der Waals surface area contributed by atoms with Gasteiger partial charge in [-0.2, -0.15) is 0 Å². The van der Waals surface area contributed by atoms with Crippen molar-refractivity contribution < 1.29 is 15.1 Å². The molecular formula is C7H13NO3. The van der Waals surface area contributed by atoms with E-state index in [0.29, 0.717) is 6.42 Å². The van der Waals surface area contributed by atoms with E-state index in [9.17, 15) is 4.79 Å². The van der Waals surface area contributed by atoms with Crippen LogP contribution in [0.15, 0.2) is 5.16 Å². The predicted molar refractivity (Wildman–Crippen MR) is 41.0 cm³/mol. The molecule has 0 aromatic heterocycles. The second-order valence-corrected chi connectivity index (χ2v) is 2.31. The van der Waals surface area contributed by atoms with Gasteiger partial charge in [-0.1, -0.05) is 24.9 Å². The Labute approximate surface area is 65.5 Å². The van der Waals surface area contributed by atoms with Gasteiger partial charge in [-0.05, 0) is 6.42 Å². The molecule has 2 N–H and O–H groups in total. The topological polar surface area (TPSA) is 69.9 Å². The summed E-state index contributed by atoms with van der Waals surface area (Å²) >= 11 is 0. The van der Waals surface area contributed by atoms with Crippen LogP contribution in [-0.2, 0) is 4.79 Å². The Kier molecular flexibility index (Phi) is 5.15. The third kappa shape index (κ3) is 4.36.